The van der Waals surface area contributed by atoms with Crippen molar-refractivity contribution in [3.63, 3.8) is 0 Å². The van der Waals surface area contributed by atoms with Gasteiger partial charge in [0.1, 0.15) is 0 Å². The minimum Gasteiger partial charge on any atom is -0.329 e. The molecule has 6 heteroatoms. The van der Waals surface area contributed by atoms with Crippen LogP contribution in [0.25, 0.3) is 0 Å². The summed E-state index contributed by atoms with van der Waals surface area (Å²) in [6.07, 6.45) is 0. The van der Waals surface area contributed by atoms with Crippen LogP contribution in [0, 0.1) is 0 Å². The van der Waals surface area contributed by atoms with Gasteiger partial charge >= 0.3 is 0 Å². The zero-order valence-electron chi connectivity index (χ0n) is 10.1. The van der Waals surface area contributed by atoms with Gasteiger partial charge in [-0.25, -0.2) is 8.42 Å². The van der Waals surface area contributed by atoms with Gasteiger partial charge in [-0.15, -0.1) is 0 Å². The Balaban J connectivity index is 2.37. The van der Waals surface area contributed by atoms with E-state index in [0.717, 1.165) is 10.0 Å². The smallest absolute Gasteiger partial charge is 0.155 e. The summed E-state index contributed by atoms with van der Waals surface area (Å²) in [6.45, 7) is 1.82. The second-order valence-corrected chi connectivity index (χ2v) is 8.04. The first kappa shape index (κ1) is 14.0. The molecule has 1 aliphatic rings. The van der Waals surface area contributed by atoms with Gasteiger partial charge in [-0.1, -0.05) is 35.0 Å². The van der Waals surface area contributed by atoms with E-state index in [9.17, 15) is 8.42 Å². The van der Waals surface area contributed by atoms with Crippen LogP contribution in [-0.2, 0) is 9.84 Å². The summed E-state index contributed by atoms with van der Waals surface area (Å²) >= 11 is 3.35. The molecule has 0 spiro atoms. The number of sulfone groups is 1. The number of hydrogen-bond donors (Lipinski definition) is 2. The average molecular weight is 333 g/mol. The molecule has 1 fully saturated rings. The van der Waals surface area contributed by atoms with E-state index in [0.29, 0.717) is 0 Å². The minimum absolute atomic E-state index is 0.101. The van der Waals surface area contributed by atoms with Crippen LogP contribution in [0.15, 0.2) is 28.7 Å². The van der Waals surface area contributed by atoms with Gasteiger partial charge in [-0.3, -0.25) is 0 Å². The molecule has 2 rings (SSSR count). The molecule has 1 aromatic rings. The molecule has 0 unspecified atom stereocenters. The van der Waals surface area contributed by atoms with E-state index in [1.807, 2.05) is 24.3 Å². The fourth-order valence-electron chi connectivity index (χ4n) is 2.54. The van der Waals surface area contributed by atoms with Crippen LogP contribution < -0.4 is 11.5 Å². The maximum atomic E-state index is 12.0. The molecule has 1 saturated carbocycles. The van der Waals surface area contributed by atoms with Crippen LogP contribution in [0.5, 0.6) is 0 Å². The fourth-order valence-corrected chi connectivity index (χ4v) is 4.82. The first-order chi connectivity index (χ1) is 8.36. The van der Waals surface area contributed by atoms with Crippen molar-refractivity contribution >= 4 is 25.8 Å². The van der Waals surface area contributed by atoms with Crippen LogP contribution in [0.1, 0.15) is 18.4 Å². The van der Waals surface area contributed by atoms with Crippen LogP contribution in [0.3, 0.4) is 0 Å². The summed E-state index contributed by atoms with van der Waals surface area (Å²) in [7, 11) is -3.17. The van der Waals surface area contributed by atoms with E-state index in [4.69, 9.17) is 11.5 Å². The van der Waals surface area contributed by atoms with Crippen LogP contribution in [0.2, 0.25) is 0 Å². The van der Waals surface area contributed by atoms with Gasteiger partial charge in [0.05, 0.1) is 10.8 Å². The molecule has 0 radical (unpaired) electrons. The molecule has 0 aromatic heterocycles. The Hall–Kier alpha value is -0.430. The van der Waals surface area contributed by atoms with Gasteiger partial charge in [0, 0.05) is 22.7 Å². The summed E-state index contributed by atoms with van der Waals surface area (Å²) in [5.74, 6) is -0.0931. The molecule has 18 heavy (non-hydrogen) atoms. The van der Waals surface area contributed by atoms with Crippen molar-refractivity contribution in [1.29, 1.82) is 0 Å². The highest BCUT2D eigenvalue weighted by atomic mass is 79.9. The Morgan fingerprint density at radius 1 is 1.33 bits per heavy atom. The van der Waals surface area contributed by atoms with E-state index >= 15 is 0 Å². The fraction of sp³-hybridized carbons (Fsp3) is 0.500. The van der Waals surface area contributed by atoms with Crippen molar-refractivity contribution in [2.45, 2.75) is 23.6 Å². The first-order valence-electron chi connectivity index (χ1n) is 5.83. The van der Waals surface area contributed by atoms with Gasteiger partial charge in [-0.05, 0) is 17.7 Å². The highest BCUT2D eigenvalue weighted by molar-refractivity contribution is 9.10. The van der Waals surface area contributed by atoms with Crippen molar-refractivity contribution < 1.29 is 8.42 Å². The van der Waals surface area contributed by atoms with E-state index in [1.54, 1.807) is 6.92 Å². The van der Waals surface area contributed by atoms with Crippen molar-refractivity contribution in [1.82, 2.24) is 0 Å². The topological polar surface area (TPSA) is 86.2 Å². The van der Waals surface area contributed by atoms with Gasteiger partial charge < -0.3 is 11.5 Å². The SMILES string of the molecule is CCS(=O)(=O)[C@@H]1[C@H](c2ccc(Br)cc2)[C@]1(N)CN. The lowest BCUT2D eigenvalue weighted by molar-refractivity contribution is 0.587. The third-order valence-electron chi connectivity index (χ3n) is 3.67. The van der Waals surface area contributed by atoms with E-state index in [2.05, 4.69) is 15.9 Å². The number of rotatable bonds is 4. The highest BCUT2D eigenvalue weighted by Gasteiger charge is 2.67. The standard InChI is InChI=1S/C12H17BrN2O2S/c1-2-18(16,17)11-10(12(11,15)7-14)8-3-5-9(13)6-4-8/h3-6,10-11H,2,7,14-15H2,1H3/t10-,11+,12+/m0/s1. The number of hydrogen-bond acceptors (Lipinski definition) is 4. The van der Waals surface area contributed by atoms with Crippen molar-refractivity contribution in [3.8, 4) is 0 Å². The van der Waals surface area contributed by atoms with Crippen molar-refractivity contribution in [2.75, 3.05) is 12.3 Å². The van der Waals surface area contributed by atoms with Crippen molar-refractivity contribution in [2.24, 2.45) is 11.5 Å². The van der Waals surface area contributed by atoms with E-state index < -0.39 is 20.6 Å². The maximum Gasteiger partial charge on any atom is 0.155 e. The van der Waals surface area contributed by atoms with Gasteiger partial charge in [0.2, 0.25) is 0 Å². The molecule has 3 atom stereocenters. The van der Waals surface area contributed by atoms with Crippen molar-refractivity contribution in [3.05, 3.63) is 34.3 Å². The Morgan fingerprint density at radius 2 is 1.89 bits per heavy atom. The number of halogens is 1. The molecule has 1 aliphatic carbocycles. The highest BCUT2D eigenvalue weighted by Crippen LogP contribution is 2.53. The quantitative estimate of drug-likeness (QED) is 0.861. The minimum atomic E-state index is -3.17. The largest absolute Gasteiger partial charge is 0.329 e. The van der Waals surface area contributed by atoms with Crippen LogP contribution >= 0.6 is 15.9 Å². The number of benzene rings is 1. The number of nitrogens with two attached hydrogens (primary N) is 2. The predicted molar refractivity (Wildman–Crippen MR) is 76.1 cm³/mol. The maximum absolute atomic E-state index is 12.0. The normalized spacial score (nSPS) is 31.3. The average Bonchev–Trinajstić information content (AvgIpc) is 2.98. The summed E-state index contributed by atoms with van der Waals surface area (Å²) in [4.78, 5) is 0. The molecular formula is C12H17BrN2O2S. The molecule has 4 N–H and O–H groups in total. The lowest BCUT2D eigenvalue weighted by Gasteiger charge is -2.07. The van der Waals surface area contributed by atoms with E-state index in [-0.39, 0.29) is 18.2 Å². The molecule has 0 heterocycles. The van der Waals surface area contributed by atoms with Gasteiger partial charge in [-0.2, -0.15) is 0 Å². The van der Waals surface area contributed by atoms with Gasteiger partial charge in [0.25, 0.3) is 0 Å². The molecule has 0 bridgehead atoms. The third-order valence-corrected chi connectivity index (χ3v) is 6.49. The summed E-state index contributed by atoms with van der Waals surface area (Å²) in [5.41, 5.74) is 11.9. The van der Waals surface area contributed by atoms with E-state index in [1.165, 1.54) is 0 Å². The summed E-state index contributed by atoms with van der Waals surface area (Å²) in [5, 5.41) is -0.554. The lowest BCUT2D eigenvalue weighted by Crippen LogP contribution is -2.39. The Bertz CT molecular complexity index is 544. The molecule has 0 saturated heterocycles. The zero-order chi connectivity index (χ0) is 13.6. The molecular weight excluding hydrogens is 316 g/mol. The predicted octanol–water partition coefficient (Wildman–Crippen LogP) is 1.01. The Labute approximate surface area is 116 Å². The Kier molecular flexibility index (Phi) is 3.57. The van der Waals surface area contributed by atoms with Crippen LogP contribution in [-0.4, -0.2) is 31.5 Å². The third kappa shape index (κ3) is 2.11. The molecule has 1 aromatic carbocycles. The molecule has 0 amide bonds. The summed E-state index contributed by atoms with van der Waals surface area (Å²) < 4.78 is 25.0. The summed E-state index contributed by atoms with van der Waals surface area (Å²) in [6, 6.07) is 7.58. The Morgan fingerprint density at radius 3 is 2.33 bits per heavy atom. The lowest BCUT2D eigenvalue weighted by atomic mass is 10.1. The molecule has 4 nitrogen and oxygen atoms in total. The van der Waals surface area contributed by atoms with Crippen LogP contribution in [0.4, 0.5) is 0 Å². The molecule has 100 valence electrons. The second-order valence-electron chi connectivity index (χ2n) is 4.72. The first-order valence-corrected chi connectivity index (χ1v) is 8.33. The second kappa shape index (κ2) is 4.59. The molecule has 0 aliphatic heterocycles. The monoisotopic (exact) mass is 332 g/mol. The van der Waals surface area contributed by atoms with Gasteiger partial charge in [0.15, 0.2) is 9.84 Å². The zero-order valence-corrected chi connectivity index (χ0v) is 12.5.